The molecule has 2 unspecified atom stereocenters. The predicted octanol–water partition coefficient (Wildman–Crippen LogP) is 0.989. The van der Waals surface area contributed by atoms with Gasteiger partial charge in [0.15, 0.2) is 0 Å². The van der Waals surface area contributed by atoms with E-state index in [-0.39, 0.29) is 11.8 Å². The molecule has 0 bridgehead atoms. The van der Waals surface area contributed by atoms with Gasteiger partial charge in [-0.1, -0.05) is 12.1 Å². The number of ether oxygens (including phenoxy) is 2. The number of methoxy groups -OCH3 is 1. The maximum absolute atomic E-state index is 13.6. The fourth-order valence-corrected chi connectivity index (χ4v) is 3.46. The Bertz CT molecular complexity index is 894. The SMILES string of the molecule is COC(=O)CNC(=O)C(c1cccc(O)c1)N(C(=O)C(CO)NC(=O)OC(C)(C)C)C1CCC1. The van der Waals surface area contributed by atoms with Crippen molar-refractivity contribution in [3.8, 4) is 5.75 Å². The molecule has 4 N–H and O–H groups in total. The molecule has 1 aliphatic rings. The Hall–Kier alpha value is -3.34. The van der Waals surface area contributed by atoms with Gasteiger partial charge in [-0.15, -0.1) is 0 Å². The molecule has 2 atom stereocenters. The number of nitrogens with zero attached hydrogens (tertiary/aromatic N) is 1. The zero-order chi connectivity index (χ0) is 25.5. The number of alkyl carbamates (subject to hydrolysis) is 1. The van der Waals surface area contributed by atoms with E-state index >= 15 is 0 Å². The van der Waals surface area contributed by atoms with Gasteiger partial charge in [0.1, 0.15) is 30.0 Å². The van der Waals surface area contributed by atoms with Gasteiger partial charge in [-0.05, 0) is 57.7 Å². The third kappa shape index (κ3) is 7.34. The summed E-state index contributed by atoms with van der Waals surface area (Å²) in [4.78, 5) is 51.9. The Morgan fingerprint density at radius 1 is 1.21 bits per heavy atom. The zero-order valence-corrected chi connectivity index (χ0v) is 19.9. The second-order valence-corrected chi connectivity index (χ2v) is 9.00. The number of benzene rings is 1. The maximum atomic E-state index is 13.6. The van der Waals surface area contributed by atoms with E-state index in [4.69, 9.17) is 4.74 Å². The van der Waals surface area contributed by atoms with Crippen molar-refractivity contribution in [3.63, 3.8) is 0 Å². The third-order valence-corrected chi connectivity index (χ3v) is 5.24. The van der Waals surface area contributed by atoms with Gasteiger partial charge in [0.25, 0.3) is 0 Å². The summed E-state index contributed by atoms with van der Waals surface area (Å²) < 4.78 is 9.75. The van der Waals surface area contributed by atoms with E-state index in [0.717, 1.165) is 6.42 Å². The molecule has 0 aromatic heterocycles. The van der Waals surface area contributed by atoms with Crippen molar-refractivity contribution in [2.24, 2.45) is 0 Å². The summed E-state index contributed by atoms with van der Waals surface area (Å²) in [5.74, 6) is -2.16. The topological polar surface area (TPSA) is 154 Å². The van der Waals surface area contributed by atoms with Crippen molar-refractivity contribution in [1.29, 1.82) is 0 Å². The first-order valence-electron chi connectivity index (χ1n) is 11.0. The molecule has 1 aromatic rings. The molecule has 1 fully saturated rings. The highest BCUT2D eigenvalue weighted by atomic mass is 16.6. The van der Waals surface area contributed by atoms with Crippen molar-refractivity contribution in [1.82, 2.24) is 15.5 Å². The largest absolute Gasteiger partial charge is 0.508 e. The van der Waals surface area contributed by atoms with Crippen LogP contribution < -0.4 is 10.6 Å². The quantitative estimate of drug-likeness (QED) is 0.382. The van der Waals surface area contributed by atoms with E-state index in [1.165, 1.54) is 30.2 Å². The monoisotopic (exact) mass is 479 g/mol. The second kappa shape index (κ2) is 11.7. The van der Waals surface area contributed by atoms with Gasteiger partial charge in [-0.2, -0.15) is 0 Å². The van der Waals surface area contributed by atoms with Crippen LogP contribution in [-0.4, -0.2) is 76.9 Å². The zero-order valence-electron chi connectivity index (χ0n) is 19.9. The minimum Gasteiger partial charge on any atom is -0.508 e. The number of amides is 3. The van der Waals surface area contributed by atoms with Crippen LogP contribution >= 0.6 is 0 Å². The predicted molar refractivity (Wildman–Crippen MR) is 121 cm³/mol. The third-order valence-electron chi connectivity index (χ3n) is 5.24. The molecule has 1 aliphatic carbocycles. The fraction of sp³-hybridized carbons (Fsp3) is 0.565. The summed E-state index contributed by atoms with van der Waals surface area (Å²) in [7, 11) is 1.18. The number of aliphatic hydroxyl groups excluding tert-OH is 1. The number of rotatable bonds is 9. The number of carbonyl (C=O) groups is 4. The molecule has 0 aliphatic heterocycles. The second-order valence-electron chi connectivity index (χ2n) is 9.00. The fourth-order valence-electron chi connectivity index (χ4n) is 3.46. The van der Waals surface area contributed by atoms with Gasteiger partial charge in [-0.3, -0.25) is 14.4 Å². The molecule has 0 spiro atoms. The van der Waals surface area contributed by atoms with E-state index in [1.54, 1.807) is 26.8 Å². The van der Waals surface area contributed by atoms with Crippen LogP contribution in [0, 0.1) is 0 Å². The van der Waals surface area contributed by atoms with Gasteiger partial charge >= 0.3 is 12.1 Å². The molecule has 188 valence electrons. The Labute approximate surface area is 198 Å². The Morgan fingerprint density at radius 3 is 2.38 bits per heavy atom. The van der Waals surface area contributed by atoms with Crippen molar-refractivity contribution in [2.45, 2.75) is 63.8 Å². The minimum atomic E-state index is -1.37. The van der Waals surface area contributed by atoms with Gasteiger partial charge in [0.2, 0.25) is 11.8 Å². The lowest BCUT2D eigenvalue weighted by Gasteiger charge is -2.43. The van der Waals surface area contributed by atoms with Crippen LogP contribution in [0.3, 0.4) is 0 Å². The number of phenols is 1. The number of phenolic OH excluding ortho intramolecular Hbond substituents is 1. The van der Waals surface area contributed by atoms with Crippen LogP contribution in [0.1, 0.15) is 51.6 Å². The lowest BCUT2D eigenvalue weighted by molar-refractivity contribution is -0.149. The molecule has 0 heterocycles. The summed E-state index contributed by atoms with van der Waals surface area (Å²) in [6, 6.07) is 2.90. The summed E-state index contributed by atoms with van der Waals surface area (Å²) >= 11 is 0. The van der Waals surface area contributed by atoms with Crippen LogP contribution in [0.25, 0.3) is 0 Å². The minimum absolute atomic E-state index is 0.116. The van der Waals surface area contributed by atoms with Crippen LogP contribution in [0.15, 0.2) is 24.3 Å². The summed E-state index contributed by atoms with van der Waals surface area (Å²) in [5.41, 5.74) is -0.518. The lowest BCUT2D eigenvalue weighted by Crippen LogP contribution is -2.58. The van der Waals surface area contributed by atoms with Crippen LogP contribution in [0.5, 0.6) is 5.75 Å². The Balaban J connectivity index is 2.40. The van der Waals surface area contributed by atoms with E-state index in [0.29, 0.717) is 18.4 Å². The first-order valence-corrected chi connectivity index (χ1v) is 11.0. The Kier molecular flexibility index (Phi) is 9.25. The number of hydrogen-bond donors (Lipinski definition) is 4. The van der Waals surface area contributed by atoms with Gasteiger partial charge in [0.05, 0.1) is 13.7 Å². The maximum Gasteiger partial charge on any atom is 0.408 e. The number of aromatic hydroxyl groups is 1. The van der Waals surface area contributed by atoms with Crippen LogP contribution in [0.4, 0.5) is 4.79 Å². The van der Waals surface area contributed by atoms with Crippen LogP contribution in [0.2, 0.25) is 0 Å². The number of aliphatic hydroxyl groups is 1. The highest BCUT2D eigenvalue weighted by molar-refractivity contribution is 5.93. The summed E-state index contributed by atoms with van der Waals surface area (Å²) in [6.45, 7) is 3.83. The molecule has 11 heteroatoms. The van der Waals surface area contributed by atoms with Gasteiger partial charge in [0, 0.05) is 6.04 Å². The average Bonchev–Trinajstić information content (AvgIpc) is 2.72. The highest BCUT2D eigenvalue weighted by Gasteiger charge is 2.42. The van der Waals surface area contributed by atoms with E-state index in [1.807, 2.05) is 0 Å². The molecule has 34 heavy (non-hydrogen) atoms. The van der Waals surface area contributed by atoms with Crippen molar-refractivity contribution < 1.29 is 38.9 Å². The van der Waals surface area contributed by atoms with Crippen molar-refractivity contribution in [2.75, 3.05) is 20.3 Å². The Morgan fingerprint density at radius 2 is 1.88 bits per heavy atom. The molecule has 0 radical (unpaired) electrons. The number of nitrogens with one attached hydrogen (secondary N) is 2. The summed E-state index contributed by atoms with van der Waals surface area (Å²) in [6.07, 6.45) is 1.15. The van der Waals surface area contributed by atoms with E-state index in [9.17, 15) is 29.4 Å². The normalized spacial score (nSPS) is 15.3. The van der Waals surface area contributed by atoms with Gasteiger partial charge in [-0.25, -0.2) is 4.79 Å². The lowest BCUT2D eigenvalue weighted by atomic mass is 9.88. The van der Waals surface area contributed by atoms with E-state index in [2.05, 4.69) is 15.4 Å². The molecule has 1 saturated carbocycles. The molecular weight excluding hydrogens is 446 g/mol. The number of esters is 1. The average molecular weight is 480 g/mol. The first-order chi connectivity index (χ1) is 16.0. The molecule has 11 nitrogen and oxygen atoms in total. The standard InChI is InChI=1S/C23H33N3O8/c1-23(2,3)34-22(32)25-17(13-27)21(31)26(15-8-6-9-15)19(14-7-5-10-16(28)11-14)20(30)24-12-18(29)33-4/h5,7,10-11,15,17,19,27-28H,6,8-9,12-13H2,1-4H3,(H,24,30)(H,25,32). The van der Waals surface area contributed by atoms with Crippen molar-refractivity contribution in [3.05, 3.63) is 29.8 Å². The summed E-state index contributed by atoms with van der Waals surface area (Å²) in [5, 5.41) is 24.7. The van der Waals surface area contributed by atoms with Crippen LogP contribution in [-0.2, 0) is 23.9 Å². The smallest absolute Gasteiger partial charge is 0.408 e. The number of carbonyl (C=O) groups excluding carboxylic acids is 4. The first kappa shape index (κ1) is 26.9. The van der Waals surface area contributed by atoms with E-state index < -0.39 is 54.7 Å². The number of hydrogen-bond acceptors (Lipinski definition) is 8. The highest BCUT2D eigenvalue weighted by Crippen LogP contribution is 2.34. The van der Waals surface area contributed by atoms with Crippen molar-refractivity contribution >= 4 is 23.9 Å². The molecule has 3 amide bonds. The molecule has 1 aromatic carbocycles. The molecule has 2 rings (SSSR count). The molecule has 0 saturated heterocycles. The van der Waals surface area contributed by atoms with Gasteiger partial charge < -0.3 is 35.2 Å². The molecular formula is C23H33N3O8.